The first-order valence-electron chi connectivity index (χ1n) is 5.91. The van der Waals surface area contributed by atoms with Crippen LogP contribution in [0.4, 0.5) is 0 Å². The van der Waals surface area contributed by atoms with Gasteiger partial charge < -0.3 is 4.74 Å². The molecule has 0 radical (unpaired) electrons. The Morgan fingerprint density at radius 2 is 2.16 bits per heavy atom. The van der Waals surface area contributed by atoms with E-state index in [4.69, 9.17) is 4.74 Å². The Balaban J connectivity index is 2.34. The van der Waals surface area contributed by atoms with Crippen molar-refractivity contribution in [2.45, 2.75) is 27.2 Å². The molecule has 19 heavy (non-hydrogen) atoms. The second-order valence-corrected chi connectivity index (χ2v) is 5.47. The number of aromatic amines is 1. The Hall–Kier alpha value is -2.24. The molecule has 0 saturated heterocycles. The van der Waals surface area contributed by atoms with Crippen molar-refractivity contribution in [3.63, 3.8) is 0 Å². The monoisotopic (exact) mass is 261 g/mol. The van der Waals surface area contributed by atoms with E-state index in [-0.39, 0.29) is 23.2 Å². The molecular weight excluding hydrogens is 246 g/mol. The van der Waals surface area contributed by atoms with Gasteiger partial charge in [0.05, 0.1) is 11.8 Å². The van der Waals surface area contributed by atoms with E-state index in [0.717, 1.165) is 0 Å². The number of rotatable bonds is 2. The summed E-state index contributed by atoms with van der Waals surface area (Å²) in [5.41, 5.74) is -0.380. The van der Waals surface area contributed by atoms with Gasteiger partial charge in [0.25, 0.3) is 5.56 Å². The molecule has 0 unspecified atom stereocenters. The molecule has 100 valence electrons. The molecule has 0 aromatic carbocycles. The highest BCUT2D eigenvalue weighted by Gasteiger charge is 2.19. The highest BCUT2D eigenvalue weighted by atomic mass is 16.5. The molecule has 6 nitrogen and oxygen atoms in total. The zero-order valence-corrected chi connectivity index (χ0v) is 11.1. The van der Waals surface area contributed by atoms with Crippen LogP contribution in [0.3, 0.4) is 0 Å². The van der Waals surface area contributed by atoms with Crippen LogP contribution < -0.4 is 10.3 Å². The van der Waals surface area contributed by atoms with Gasteiger partial charge in [-0.2, -0.15) is 0 Å². The number of hydrogen-bond acceptors (Lipinski definition) is 5. The summed E-state index contributed by atoms with van der Waals surface area (Å²) in [6, 6.07) is 3.30. The third kappa shape index (κ3) is 3.15. The summed E-state index contributed by atoms with van der Waals surface area (Å²) in [5.74, 6) is -0.311. The van der Waals surface area contributed by atoms with E-state index in [1.165, 1.54) is 6.20 Å². The number of H-pyrrole nitrogens is 1. The smallest absolute Gasteiger partial charge is 0.313 e. The zero-order chi connectivity index (χ0) is 14.0. The molecular formula is C13H15N3O3. The Morgan fingerprint density at radius 3 is 2.84 bits per heavy atom. The Labute approximate surface area is 109 Å². The third-order valence-electron chi connectivity index (χ3n) is 2.40. The van der Waals surface area contributed by atoms with Crippen LogP contribution in [0, 0.1) is 5.41 Å². The zero-order valence-electron chi connectivity index (χ0n) is 11.1. The third-order valence-corrected chi connectivity index (χ3v) is 2.40. The number of nitrogens with zero attached hydrogens (tertiary/aromatic N) is 2. The molecule has 6 heteroatoms. The number of ether oxygens (including phenoxy) is 1. The van der Waals surface area contributed by atoms with Gasteiger partial charge in [0.1, 0.15) is 5.52 Å². The number of hydrogen-bond donors (Lipinski definition) is 1. The van der Waals surface area contributed by atoms with Crippen LogP contribution in [0.25, 0.3) is 10.9 Å². The van der Waals surface area contributed by atoms with Gasteiger partial charge in [-0.15, -0.1) is 5.10 Å². The van der Waals surface area contributed by atoms with Crippen LogP contribution in [-0.2, 0) is 4.79 Å². The number of fused-ring (bicyclic) bond motifs is 1. The summed E-state index contributed by atoms with van der Waals surface area (Å²) < 4.78 is 5.20. The first-order valence-corrected chi connectivity index (χ1v) is 5.91. The van der Waals surface area contributed by atoms with Crippen LogP contribution in [0.5, 0.6) is 5.88 Å². The van der Waals surface area contributed by atoms with Crippen molar-refractivity contribution in [3.05, 3.63) is 28.7 Å². The average molecular weight is 261 g/mol. The van der Waals surface area contributed by atoms with Crippen LogP contribution in [0.15, 0.2) is 23.1 Å². The van der Waals surface area contributed by atoms with Gasteiger partial charge in [-0.25, -0.2) is 5.10 Å². The molecule has 0 fully saturated rings. The predicted molar refractivity (Wildman–Crippen MR) is 69.9 cm³/mol. The van der Waals surface area contributed by atoms with E-state index in [1.54, 1.807) is 12.1 Å². The van der Waals surface area contributed by atoms with Gasteiger partial charge in [0.15, 0.2) is 0 Å². The maximum Gasteiger partial charge on any atom is 0.313 e. The van der Waals surface area contributed by atoms with Crippen molar-refractivity contribution in [2.24, 2.45) is 5.41 Å². The molecule has 2 heterocycles. The van der Waals surface area contributed by atoms with E-state index >= 15 is 0 Å². The van der Waals surface area contributed by atoms with Crippen LogP contribution in [0.1, 0.15) is 27.2 Å². The maximum atomic E-state index is 11.8. The molecule has 0 amide bonds. The molecule has 0 saturated carbocycles. The minimum absolute atomic E-state index is 0.0805. The maximum absolute atomic E-state index is 11.8. The van der Waals surface area contributed by atoms with Gasteiger partial charge in [0.2, 0.25) is 5.88 Å². The van der Waals surface area contributed by atoms with Crippen LogP contribution in [0.2, 0.25) is 0 Å². The number of esters is 1. The van der Waals surface area contributed by atoms with Crippen molar-refractivity contribution >= 4 is 16.9 Å². The number of carbonyl (C=O) groups is 1. The van der Waals surface area contributed by atoms with Crippen molar-refractivity contribution < 1.29 is 9.53 Å². The van der Waals surface area contributed by atoms with Crippen molar-refractivity contribution in [1.29, 1.82) is 0 Å². The van der Waals surface area contributed by atoms with Crippen molar-refractivity contribution in [1.82, 2.24) is 15.2 Å². The highest BCUT2D eigenvalue weighted by molar-refractivity contribution is 5.85. The van der Waals surface area contributed by atoms with Crippen molar-refractivity contribution in [2.75, 3.05) is 0 Å². The minimum atomic E-state index is -0.411. The summed E-state index contributed by atoms with van der Waals surface area (Å²) in [4.78, 5) is 27.3. The van der Waals surface area contributed by atoms with Gasteiger partial charge in [0, 0.05) is 6.20 Å². The second-order valence-electron chi connectivity index (χ2n) is 5.47. The summed E-state index contributed by atoms with van der Waals surface area (Å²) in [5, 5.41) is 6.45. The normalized spacial score (nSPS) is 11.5. The van der Waals surface area contributed by atoms with E-state index in [2.05, 4.69) is 15.2 Å². The van der Waals surface area contributed by atoms with Crippen LogP contribution in [-0.4, -0.2) is 21.2 Å². The average Bonchev–Trinajstić information content (AvgIpc) is 2.31. The molecule has 0 spiro atoms. The largest absolute Gasteiger partial charge is 0.405 e. The Morgan fingerprint density at radius 1 is 1.42 bits per heavy atom. The molecule has 0 aliphatic rings. The van der Waals surface area contributed by atoms with Crippen molar-refractivity contribution in [3.8, 4) is 5.88 Å². The number of pyridine rings is 1. The lowest BCUT2D eigenvalue weighted by Gasteiger charge is -2.16. The lowest BCUT2D eigenvalue weighted by atomic mass is 9.92. The summed E-state index contributed by atoms with van der Waals surface area (Å²) in [6.07, 6.45) is 1.76. The van der Waals surface area contributed by atoms with Gasteiger partial charge >= 0.3 is 5.97 Å². The highest BCUT2D eigenvalue weighted by Crippen LogP contribution is 2.22. The molecule has 0 aliphatic carbocycles. The van der Waals surface area contributed by atoms with Gasteiger partial charge in [-0.05, 0) is 17.5 Å². The Kier molecular flexibility index (Phi) is 3.33. The van der Waals surface area contributed by atoms with E-state index in [1.807, 2.05) is 20.8 Å². The quantitative estimate of drug-likeness (QED) is 0.831. The van der Waals surface area contributed by atoms with E-state index in [0.29, 0.717) is 5.39 Å². The lowest BCUT2D eigenvalue weighted by Crippen LogP contribution is -2.19. The van der Waals surface area contributed by atoms with E-state index < -0.39 is 11.5 Å². The lowest BCUT2D eigenvalue weighted by molar-refractivity contribution is -0.136. The molecule has 1 N–H and O–H groups in total. The standard InChI is InChI=1S/C13H15N3O3/c1-13(2,3)7-9(17)19-12-8-5-4-6-14-10(8)11(18)15-16-12/h4-6H,7H2,1-3H3,(H,15,18). The molecule has 2 aromatic heterocycles. The molecule has 0 aliphatic heterocycles. The number of carbonyl (C=O) groups excluding carboxylic acids is 1. The minimum Gasteiger partial charge on any atom is -0.405 e. The first kappa shape index (κ1) is 13.2. The fourth-order valence-electron chi connectivity index (χ4n) is 1.63. The molecule has 0 atom stereocenters. The number of aromatic nitrogens is 3. The summed E-state index contributed by atoms with van der Waals surface area (Å²) >= 11 is 0. The summed E-state index contributed by atoms with van der Waals surface area (Å²) in [6.45, 7) is 5.82. The van der Waals surface area contributed by atoms with Crippen LogP contribution >= 0.6 is 0 Å². The molecule has 0 bridgehead atoms. The fraction of sp³-hybridized carbons (Fsp3) is 0.385. The number of nitrogens with one attached hydrogen (secondary N) is 1. The molecule has 2 rings (SSSR count). The second kappa shape index (κ2) is 4.79. The van der Waals surface area contributed by atoms with E-state index in [9.17, 15) is 9.59 Å². The topological polar surface area (TPSA) is 84.9 Å². The first-order chi connectivity index (χ1) is 8.87. The fourth-order valence-corrected chi connectivity index (χ4v) is 1.63. The Bertz CT molecular complexity index is 671. The van der Waals surface area contributed by atoms with Gasteiger partial charge in [-0.1, -0.05) is 20.8 Å². The van der Waals surface area contributed by atoms with Gasteiger partial charge in [-0.3, -0.25) is 14.6 Å². The SMILES string of the molecule is CC(C)(C)CC(=O)Oc1n[nH]c(=O)c2ncccc12. The predicted octanol–water partition coefficient (Wildman–Crippen LogP) is 1.66. The summed E-state index contributed by atoms with van der Waals surface area (Å²) in [7, 11) is 0. The molecule has 2 aromatic rings.